The van der Waals surface area contributed by atoms with Gasteiger partial charge in [-0.15, -0.1) is 0 Å². The second-order valence-electron chi connectivity index (χ2n) is 5.97. The maximum Gasteiger partial charge on any atom is 0.231 e. The van der Waals surface area contributed by atoms with Gasteiger partial charge in [-0.1, -0.05) is 12.1 Å². The van der Waals surface area contributed by atoms with Crippen molar-refractivity contribution in [2.24, 2.45) is 0 Å². The summed E-state index contributed by atoms with van der Waals surface area (Å²) in [7, 11) is 0. The van der Waals surface area contributed by atoms with Crippen molar-refractivity contribution in [3.05, 3.63) is 53.1 Å². The van der Waals surface area contributed by atoms with Gasteiger partial charge < -0.3 is 20.5 Å². The quantitative estimate of drug-likeness (QED) is 0.854. The van der Waals surface area contributed by atoms with Gasteiger partial charge in [-0.25, -0.2) is 0 Å². The first kappa shape index (κ1) is 13.5. The van der Waals surface area contributed by atoms with Gasteiger partial charge in [0, 0.05) is 18.3 Å². The van der Waals surface area contributed by atoms with Crippen molar-refractivity contribution in [1.29, 1.82) is 0 Å². The third kappa shape index (κ3) is 2.50. The fourth-order valence-corrected chi connectivity index (χ4v) is 3.32. The summed E-state index contributed by atoms with van der Waals surface area (Å²) in [5, 5.41) is 3.66. The van der Waals surface area contributed by atoms with E-state index in [1.807, 2.05) is 12.1 Å². The minimum atomic E-state index is 0.321. The molecule has 1 aliphatic heterocycles. The molecule has 4 heteroatoms. The number of aryl methyl sites for hydroxylation is 1. The lowest BCUT2D eigenvalue weighted by Gasteiger charge is -2.27. The molecular formula is C18H20N2O2. The minimum absolute atomic E-state index is 0.321. The monoisotopic (exact) mass is 296 g/mol. The van der Waals surface area contributed by atoms with Crippen molar-refractivity contribution in [2.75, 3.05) is 12.5 Å². The van der Waals surface area contributed by atoms with Crippen LogP contribution in [0.3, 0.4) is 0 Å². The number of fused-ring (bicyclic) bond motifs is 2. The minimum Gasteiger partial charge on any atom is -0.454 e. The average molecular weight is 296 g/mol. The fourth-order valence-electron chi connectivity index (χ4n) is 3.32. The van der Waals surface area contributed by atoms with E-state index >= 15 is 0 Å². The molecule has 0 amide bonds. The van der Waals surface area contributed by atoms with Crippen LogP contribution in [0.4, 0.5) is 5.69 Å². The highest BCUT2D eigenvalue weighted by Gasteiger charge is 2.20. The summed E-state index contributed by atoms with van der Waals surface area (Å²) in [5.74, 6) is 1.67. The lowest BCUT2D eigenvalue weighted by atomic mass is 9.87. The zero-order valence-corrected chi connectivity index (χ0v) is 12.5. The molecule has 0 fully saturated rings. The predicted octanol–water partition coefficient (Wildman–Crippen LogP) is 3.16. The van der Waals surface area contributed by atoms with E-state index in [9.17, 15) is 0 Å². The van der Waals surface area contributed by atoms with Crippen LogP contribution in [0.25, 0.3) is 0 Å². The first-order valence-corrected chi connectivity index (χ1v) is 7.80. The number of rotatable bonds is 3. The zero-order valence-electron chi connectivity index (χ0n) is 12.5. The topological polar surface area (TPSA) is 56.5 Å². The molecule has 3 N–H and O–H groups in total. The van der Waals surface area contributed by atoms with E-state index in [1.165, 1.54) is 23.1 Å². The van der Waals surface area contributed by atoms with Crippen molar-refractivity contribution in [2.45, 2.75) is 31.8 Å². The van der Waals surface area contributed by atoms with E-state index in [1.54, 1.807) is 0 Å². The van der Waals surface area contributed by atoms with Crippen LogP contribution in [0.1, 0.15) is 35.6 Å². The molecule has 0 radical (unpaired) electrons. The van der Waals surface area contributed by atoms with Crippen molar-refractivity contribution in [3.63, 3.8) is 0 Å². The van der Waals surface area contributed by atoms with Gasteiger partial charge in [-0.3, -0.25) is 0 Å². The molecule has 0 saturated heterocycles. The molecule has 0 bridgehead atoms. The Morgan fingerprint density at radius 2 is 2.00 bits per heavy atom. The number of nitrogen functional groups attached to an aromatic ring is 1. The Labute approximate surface area is 130 Å². The number of nitrogens with one attached hydrogen (secondary N) is 1. The van der Waals surface area contributed by atoms with Gasteiger partial charge in [0.05, 0.1) is 0 Å². The van der Waals surface area contributed by atoms with E-state index in [4.69, 9.17) is 15.2 Å². The first-order valence-electron chi connectivity index (χ1n) is 7.80. The SMILES string of the molecule is Nc1ccc2c(c1)C(NCc1ccc3c(c1)OCO3)CCC2. The average Bonchev–Trinajstić information content (AvgIpc) is 3.00. The van der Waals surface area contributed by atoms with Crippen molar-refractivity contribution in [1.82, 2.24) is 5.32 Å². The lowest BCUT2D eigenvalue weighted by molar-refractivity contribution is 0.174. The summed E-state index contributed by atoms with van der Waals surface area (Å²) in [6, 6.07) is 12.8. The summed E-state index contributed by atoms with van der Waals surface area (Å²) < 4.78 is 10.8. The van der Waals surface area contributed by atoms with Gasteiger partial charge in [0.15, 0.2) is 11.5 Å². The molecule has 2 aromatic carbocycles. The van der Waals surface area contributed by atoms with E-state index in [-0.39, 0.29) is 0 Å². The molecule has 22 heavy (non-hydrogen) atoms. The van der Waals surface area contributed by atoms with Crippen molar-refractivity contribution >= 4 is 5.69 Å². The second-order valence-corrected chi connectivity index (χ2v) is 5.97. The van der Waals surface area contributed by atoms with E-state index in [0.717, 1.165) is 36.6 Å². The molecule has 4 rings (SSSR count). The Balaban J connectivity index is 1.50. The Morgan fingerprint density at radius 3 is 2.95 bits per heavy atom. The molecule has 1 heterocycles. The molecule has 0 saturated carbocycles. The summed E-state index contributed by atoms with van der Waals surface area (Å²) in [5.41, 5.74) is 10.8. The summed E-state index contributed by atoms with van der Waals surface area (Å²) in [6.07, 6.45) is 3.52. The highest BCUT2D eigenvalue weighted by atomic mass is 16.7. The molecule has 1 atom stereocenters. The van der Waals surface area contributed by atoms with Gasteiger partial charge in [-0.2, -0.15) is 0 Å². The molecule has 2 aliphatic rings. The van der Waals surface area contributed by atoms with E-state index in [0.29, 0.717) is 12.8 Å². The number of anilines is 1. The van der Waals surface area contributed by atoms with Crippen LogP contribution in [0, 0.1) is 0 Å². The highest BCUT2D eigenvalue weighted by Crippen LogP contribution is 2.34. The fraction of sp³-hybridized carbons (Fsp3) is 0.333. The summed E-state index contributed by atoms with van der Waals surface area (Å²) >= 11 is 0. The van der Waals surface area contributed by atoms with Crippen LogP contribution in [0.5, 0.6) is 11.5 Å². The van der Waals surface area contributed by atoms with Gasteiger partial charge >= 0.3 is 0 Å². The summed E-state index contributed by atoms with van der Waals surface area (Å²) in [4.78, 5) is 0. The molecule has 114 valence electrons. The van der Waals surface area contributed by atoms with Gasteiger partial charge in [0.25, 0.3) is 0 Å². The summed E-state index contributed by atoms with van der Waals surface area (Å²) in [6.45, 7) is 1.14. The molecular weight excluding hydrogens is 276 g/mol. The van der Waals surface area contributed by atoms with Gasteiger partial charge in [-0.05, 0) is 60.2 Å². The number of hydrogen-bond donors (Lipinski definition) is 2. The van der Waals surface area contributed by atoms with Gasteiger partial charge in [0.2, 0.25) is 6.79 Å². The van der Waals surface area contributed by atoms with Crippen LogP contribution in [-0.2, 0) is 13.0 Å². The van der Waals surface area contributed by atoms with Crippen molar-refractivity contribution < 1.29 is 9.47 Å². The van der Waals surface area contributed by atoms with E-state index < -0.39 is 0 Å². The number of nitrogens with two attached hydrogens (primary N) is 1. The van der Waals surface area contributed by atoms with Gasteiger partial charge in [0.1, 0.15) is 0 Å². The molecule has 4 nitrogen and oxygen atoms in total. The highest BCUT2D eigenvalue weighted by molar-refractivity contribution is 5.47. The van der Waals surface area contributed by atoms with Crippen LogP contribution in [0.15, 0.2) is 36.4 Å². The molecule has 1 unspecified atom stereocenters. The third-order valence-corrected chi connectivity index (χ3v) is 4.47. The second kappa shape index (κ2) is 5.54. The van der Waals surface area contributed by atoms with E-state index in [2.05, 4.69) is 29.6 Å². The van der Waals surface area contributed by atoms with Crippen LogP contribution < -0.4 is 20.5 Å². The Hall–Kier alpha value is -2.20. The normalized spacial score (nSPS) is 19.0. The van der Waals surface area contributed by atoms with Crippen LogP contribution in [-0.4, -0.2) is 6.79 Å². The molecule has 2 aromatic rings. The third-order valence-electron chi connectivity index (χ3n) is 4.47. The first-order chi connectivity index (χ1) is 10.8. The lowest BCUT2D eigenvalue weighted by Crippen LogP contribution is -2.25. The Bertz CT molecular complexity index is 699. The van der Waals surface area contributed by atoms with Crippen molar-refractivity contribution in [3.8, 4) is 11.5 Å². The standard InChI is InChI=1S/C18H20N2O2/c19-14-6-5-13-2-1-3-16(15(13)9-14)20-10-12-4-7-17-18(8-12)22-11-21-17/h4-9,16,20H,1-3,10-11,19H2. The number of hydrogen-bond acceptors (Lipinski definition) is 4. The molecule has 1 aliphatic carbocycles. The largest absolute Gasteiger partial charge is 0.454 e. The number of benzene rings is 2. The molecule has 0 aromatic heterocycles. The Kier molecular flexibility index (Phi) is 3.39. The zero-order chi connectivity index (χ0) is 14.9. The maximum atomic E-state index is 5.95. The molecule has 0 spiro atoms. The number of ether oxygens (including phenoxy) is 2. The maximum absolute atomic E-state index is 5.95. The Morgan fingerprint density at radius 1 is 1.09 bits per heavy atom. The smallest absolute Gasteiger partial charge is 0.231 e. The van der Waals surface area contributed by atoms with Crippen LogP contribution >= 0.6 is 0 Å². The predicted molar refractivity (Wildman–Crippen MR) is 85.9 cm³/mol. The van der Waals surface area contributed by atoms with Crippen LogP contribution in [0.2, 0.25) is 0 Å².